The van der Waals surface area contributed by atoms with Crippen LogP contribution in [0.1, 0.15) is 25.5 Å². The van der Waals surface area contributed by atoms with E-state index in [0.717, 1.165) is 29.3 Å². The molecule has 0 amide bonds. The lowest BCUT2D eigenvalue weighted by Crippen LogP contribution is -2.41. The minimum Gasteiger partial charge on any atom is -0.367 e. The van der Waals surface area contributed by atoms with Gasteiger partial charge in [-0.15, -0.1) is 0 Å². The molecule has 1 fully saturated rings. The van der Waals surface area contributed by atoms with E-state index in [9.17, 15) is 4.39 Å². The van der Waals surface area contributed by atoms with Crippen LogP contribution in [0.5, 0.6) is 0 Å². The van der Waals surface area contributed by atoms with Crippen LogP contribution in [0.15, 0.2) is 18.2 Å². The summed E-state index contributed by atoms with van der Waals surface area (Å²) in [6.07, 6.45) is 0. The highest BCUT2D eigenvalue weighted by molar-refractivity contribution is 7.99. The number of benzene rings is 1. The smallest absolute Gasteiger partial charge is 0.130 e. The Balaban J connectivity index is 2.39. The quantitative estimate of drug-likeness (QED) is 0.907. The van der Waals surface area contributed by atoms with Gasteiger partial charge in [-0.05, 0) is 33.0 Å². The molecular weight excluding hydrogens is 247 g/mol. The number of nitrogens with zero attached hydrogens (tertiary/aromatic N) is 1. The molecule has 1 saturated heterocycles. The highest BCUT2D eigenvalue weighted by atomic mass is 32.2. The van der Waals surface area contributed by atoms with Crippen molar-refractivity contribution in [3.63, 3.8) is 0 Å². The van der Waals surface area contributed by atoms with Crippen molar-refractivity contribution in [2.45, 2.75) is 25.9 Å². The second-order valence-corrected chi connectivity index (χ2v) is 5.95. The minimum absolute atomic E-state index is 0.0305. The molecular formula is C14H21FN2S. The highest BCUT2D eigenvalue weighted by Crippen LogP contribution is 2.32. The molecule has 1 aromatic rings. The van der Waals surface area contributed by atoms with E-state index in [1.807, 2.05) is 37.9 Å². The Kier molecular flexibility index (Phi) is 4.51. The topological polar surface area (TPSA) is 15.3 Å². The molecule has 2 atom stereocenters. The van der Waals surface area contributed by atoms with E-state index in [0.29, 0.717) is 6.04 Å². The molecule has 0 aromatic heterocycles. The zero-order valence-corrected chi connectivity index (χ0v) is 12.1. The Bertz CT molecular complexity index is 411. The Hall–Kier alpha value is -0.740. The van der Waals surface area contributed by atoms with E-state index >= 15 is 0 Å². The van der Waals surface area contributed by atoms with Gasteiger partial charge in [0, 0.05) is 41.4 Å². The molecule has 1 aromatic carbocycles. The zero-order chi connectivity index (χ0) is 13.1. The first-order chi connectivity index (χ1) is 8.65. The second-order valence-electron chi connectivity index (χ2n) is 4.80. The van der Waals surface area contributed by atoms with E-state index in [-0.39, 0.29) is 11.9 Å². The third-order valence-corrected chi connectivity index (χ3v) is 4.76. The summed E-state index contributed by atoms with van der Waals surface area (Å²) >= 11 is 1.97. The molecule has 2 nitrogen and oxygen atoms in total. The van der Waals surface area contributed by atoms with Crippen molar-refractivity contribution < 1.29 is 4.39 Å². The monoisotopic (exact) mass is 268 g/mol. The number of anilines is 1. The number of halogens is 1. The number of thioether (sulfide) groups is 1. The first-order valence-electron chi connectivity index (χ1n) is 6.45. The molecule has 2 unspecified atom stereocenters. The molecule has 0 saturated carbocycles. The van der Waals surface area contributed by atoms with Crippen molar-refractivity contribution in [1.82, 2.24) is 5.32 Å². The average molecular weight is 268 g/mol. The van der Waals surface area contributed by atoms with Crippen LogP contribution in [0.25, 0.3) is 0 Å². The van der Waals surface area contributed by atoms with Gasteiger partial charge < -0.3 is 10.2 Å². The summed E-state index contributed by atoms with van der Waals surface area (Å²) in [6.45, 7) is 5.22. The Morgan fingerprint density at radius 1 is 1.50 bits per heavy atom. The van der Waals surface area contributed by atoms with Gasteiger partial charge in [0.25, 0.3) is 0 Å². The first kappa shape index (κ1) is 13.7. The summed E-state index contributed by atoms with van der Waals surface area (Å²) < 4.78 is 14.1. The van der Waals surface area contributed by atoms with E-state index < -0.39 is 0 Å². The summed E-state index contributed by atoms with van der Waals surface area (Å²) in [5.41, 5.74) is 1.84. The SMILES string of the molecule is CNC(C)c1c(F)cccc1N1CCSCC1C. The molecule has 18 heavy (non-hydrogen) atoms. The summed E-state index contributed by atoms with van der Waals surface area (Å²) in [6, 6.07) is 5.90. The maximum atomic E-state index is 14.1. The number of hydrogen-bond donors (Lipinski definition) is 1. The molecule has 0 aliphatic carbocycles. The van der Waals surface area contributed by atoms with Crippen LogP contribution in [0.2, 0.25) is 0 Å². The summed E-state index contributed by atoms with van der Waals surface area (Å²) in [5, 5.41) is 3.14. The Labute approximate surface area is 113 Å². The predicted molar refractivity (Wildman–Crippen MR) is 78.0 cm³/mol. The third kappa shape index (κ3) is 2.64. The van der Waals surface area contributed by atoms with Gasteiger partial charge in [-0.1, -0.05) is 6.07 Å². The fourth-order valence-corrected chi connectivity index (χ4v) is 3.45. The second kappa shape index (κ2) is 5.93. The van der Waals surface area contributed by atoms with Crippen molar-refractivity contribution in [2.24, 2.45) is 0 Å². The van der Waals surface area contributed by atoms with Crippen LogP contribution in [0, 0.1) is 5.82 Å². The van der Waals surface area contributed by atoms with Crippen molar-refractivity contribution in [3.05, 3.63) is 29.6 Å². The first-order valence-corrected chi connectivity index (χ1v) is 7.60. The summed E-state index contributed by atoms with van der Waals surface area (Å²) in [5.74, 6) is 2.12. The molecule has 1 heterocycles. The van der Waals surface area contributed by atoms with E-state index in [2.05, 4.69) is 17.1 Å². The number of hydrogen-bond acceptors (Lipinski definition) is 3. The van der Waals surface area contributed by atoms with Crippen LogP contribution in [0.3, 0.4) is 0 Å². The maximum absolute atomic E-state index is 14.1. The maximum Gasteiger partial charge on any atom is 0.130 e. The molecule has 1 N–H and O–H groups in total. The van der Waals surface area contributed by atoms with Crippen LogP contribution in [-0.4, -0.2) is 31.1 Å². The molecule has 4 heteroatoms. The van der Waals surface area contributed by atoms with Gasteiger partial charge in [-0.3, -0.25) is 0 Å². The van der Waals surface area contributed by atoms with Crippen molar-refractivity contribution in [2.75, 3.05) is 30.0 Å². The number of rotatable bonds is 3. The van der Waals surface area contributed by atoms with Gasteiger partial charge in [0.1, 0.15) is 5.82 Å². The predicted octanol–water partition coefficient (Wildman–Crippen LogP) is 3.05. The molecule has 0 bridgehead atoms. The van der Waals surface area contributed by atoms with E-state index in [4.69, 9.17) is 0 Å². The normalized spacial score (nSPS) is 22.0. The molecule has 0 radical (unpaired) electrons. The van der Waals surface area contributed by atoms with Gasteiger partial charge in [0.15, 0.2) is 0 Å². The number of nitrogens with one attached hydrogen (secondary N) is 1. The van der Waals surface area contributed by atoms with Gasteiger partial charge in [0.2, 0.25) is 0 Å². The van der Waals surface area contributed by atoms with Crippen LogP contribution in [-0.2, 0) is 0 Å². The Morgan fingerprint density at radius 2 is 2.28 bits per heavy atom. The average Bonchev–Trinajstić information content (AvgIpc) is 2.38. The van der Waals surface area contributed by atoms with Crippen molar-refractivity contribution >= 4 is 17.4 Å². The van der Waals surface area contributed by atoms with Crippen LogP contribution >= 0.6 is 11.8 Å². The van der Waals surface area contributed by atoms with Gasteiger partial charge in [0.05, 0.1) is 0 Å². The largest absolute Gasteiger partial charge is 0.367 e. The fourth-order valence-electron chi connectivity index (χ4n) is 2.43. The van der Waals surface area contributed by atoms with E-state index in [1.54, 1.807) is 6.07 Å². The fraction of sp³-hybridized carbons (Fsp3) is 0.571. The van der Waals surface area contributed by atoms with Gasteiger partial charge >= 0.3 is 0 Å². The van der Waals surface area contributed by atoms with Crippen LogP contribution in [0.4, 0.5) is 10.1 Å². The Morgan fingerprint density at radius 3 is 2.94 bits per heavy atom. The van der Waals surface area contributed by atoms with Gasteiger partial charge in [-0.25, -0.2) is 4.39 Å². The molecule has 2 rings (SSSR count). The highest BCUT2D eigenvalue weighted by Gasteiger charge is 2.24. The van der Waals surface area contributed by atoms with E-state index in [1.165, 1.54) is 0 Å². The molecule has 1 aliphatic rings. The van der Waals surface area contributed by atoms with Crippen LogP contribution < -0.4 is 10.2 Å². The molecule has 0 spiro atoms. The molecule has 1 aliphatic heterocycles. The lowest BCUT2D eigenvalue weighted by Gasteiger charge is -2.37. The van der Waals surface area contributed by atoms with Crippen molar-refractivity contribution in [3.8, 4) is 0 Å². The van der Waals surface area contributed by atoms with Gasteiger partial charge in [-0.2, -0.15) is 11.8 Å². The summed E-state index contributed by atoms with van der Waals surface area (Å²) in [7, 11) is 1.87. The zero-order valence-electron chi connectivity index (χ0n) is 11.2. The molecule has 100 valence electrons. The summed E-state index contributed by atoms with van der Waals surface area (Å²) in [4.78, 5) is 2.34. The lowest BCUT2D eigenvalue weighted by molar-refractivity contribution is 0.556. The van der Waals surface area contributed by atoms with Crippen molar-refractivity contribution in [1.29, 1.82) is 0 Å². The minimum atomic E-state index is -0.111. The third-order valence-electron chi connectivity index (χ3n) is 3.57. The standard InChI is InChI=1S/C14H21FN2S/c1-10-9-18-8-7-17(10)13-6-4-5-12(15)14(13)11(2)16-3/h4-6,10-11,16H,7-9H2,1-3H3. The lowest BCUT2D eigenvalue weighted by atomic mass is 10.0.